The Bertz CT molecular complexity index is 992. The fourth-order valence-electron chi connectivity index (χ4n) is 7.17. The number of carbonyl (C=O) groups is 1. The van der Waals surface area contributed by atoms with E-state index in [4.69, 9.17) is 0 Å². The predicted molar refractivity (Wildman–Crippen MR) is 253 cm³/mol. The van der Waals surface area contributed by atoms with Crippen LogP contribution in [0.15, 0.2) is 72.9 Å². The van der Waals surface area contributed by atoms with Crippen LogP contribution in [0.2, 0.25) is 0 Å². The van der Waals surface area contributed by atoms with E-state index in [1.54, 1.807) is 6.08 Å². The highest BCUT2D eigenvalue weighted by Gasteiger charge is 2.17. The Hall–Kier alpha value is -2.17. The van der Waals surface area contributed by atoms with Gasteiger partial charge in [0.2, 0.25) is 5.91 Å². The molecule has 0 aromatic carbocycles. The molecule has 330 valence electrons. The molecule has 0 aromatic heterocycles. The quantitative estimate of drug-likeness (QED) is 0.0425. The molecule has 0 saturated heterocycles. The Morgan fingerprint density at radius 3 is 1.23 bits per heavy atom. The van der Waals surface area contributed by atoms with Gasteiger partial charge < -0.3 is 15.5 Å². The summed E-state index contributed by atoms with van der Waals surface area (Å²) < 4.78 is 0. The maximum Gasteiger partial charge on any atom is 0.220 e. The molecule has 4 heteroatoms. The zero-order chi connectivity index (χ0) is 41.4. The summed E-state index contributed by atoms with van der Waals surface area (Å²) in [5.74, 6) is -0.0969. The molecule has 3 N–H and O–H groups in total. The smallest absolute Gasteiger partial charge is 0.220 e. The van der Waals surface area contributed by atoms with Crippen LogP contribution in [-0.2, 0) is 4.79 Å². The molecule has 0 aliphatic rings. The van der Waals surface area contributed by atoms with Crippen molar-refractivity contribution in [2.75, 3.05) is 6.61 Å². The van der Waals surface area contributed by atoms with Gasteiger partial charge in [-0.2, -0.15) is 0 Å². The fraction of sp³-hybridized carbons (Fsp3) is 0.755. The minimum atomic E-state index is -0.881. The summed E-state index contributed by atoms with van der Waals surface area (Å²) in [6.45, 7) is 4.18. The monoisotopic (exact) mass is 794 g/mol. The van der Waals surface area contributed by atoms with Crippen molar-refractivity contribution in [3.05, 3.63) is 72.9 Å². The van der Waals surface area contributed by atoms with Crippen LogP contribution in [0.1, 0.15) is 239 Å². The largest absolute Gasteiger partial charge is 0.394 e. The van der Waals surface area contributed by atoms with Crippen LogP contribution in [0.5, 0.6) is 0 Å². The molecular weight excluding hydrogens is 699 g/mol. The normalized spacial score (nSPS) is 13.5. The Balaban J connectivity index is 3.59. The van der Waals surface area contributed by atoms with Gasteiger partial charge in [-0.3, -0.25) is 4.79 Å². The molecule has 0 spiro atoms. The van der Waals surface area contributed by atoms with E-state index in [0.29, 0.717) is 6.42 Å². The molecule has 0 bridgehead atoms. The Morgan fingerprint density at radius 2 is 0.789 bits per heavy atom. The van der Waals surface area contributed by atoms with Crippen LogP contribution in [0, 0.1) is 0 Å². The van der Waals surface area contributed by atoms with Gasteiger partial charge in [0.05, 0.1) is 18.8 Å². The molecule has 57 heavy (non-hydrogen) atoms. The standard InChI is InChI=1S/C53H95NO3/c1-3-5-7-9-11-13-15-17-19-20-21-22-23-24-25-26-27-28-29-30-31-32-33-35-36-38-40-42-44-46-48-52(56)51(50-55)54-53(57)49-47-45-43-41-39-37-34-18-16-14-12-10-8-6-4-2/h6,8,12,14,18,32-34,38,40,46,48,51-52,55-56H,3-5,7,9-11,13,15-17,19-31,35-37,39,41-45,47,49-50H2,1-2H3,(H,54,57)/b8-6-,14-12-,33-32+,34-18-,40-38+,48-46+. The van der Waals surface area contributed by atoms with Gasteiger partial charge in [0.15, 0.2) is 0 Å². The Kier molecular flexibility index (Phi) is 46.4. The molecule has 4 nitrogen and oxygen atoms in total. The van der Waals surface area contributed by atoms with Crippen LogP contribution >= 0.6 is 0 Å². The molecule has 2 unspecified atom stereocenters. The maximum atomic E-state index is 12.4. The minimum Gasteiger partial charge on any atom is -0.394 e. The highest BCUT2D eigenvalue weighted by Crippen LogP contribution is 2.15. The zero-order valence-corrected chi connectivity index (χ0v) is 37.8. The summed E-state index contributed by atoms with van der Waals surface area (Å²) in [4.78, 5) is 12.4. The molecule has 1 amide bonds. The number of hydrogen-bond donors (Lipinski definition) is 3. The number of unbranched alkanes of at least 4 members (excludes halogenated alkanes) is 27. The predicted octanol–water partition coefficient (Wildman–Crippen LogP) is 15.9. The summed E-state index contributed by atoms with van der Waals surface area (Å²) in [6, 6.07) is -0.658. The molecule has 2 atom stereocenters. The summed E-state index contributed by atoms with van der Waals surface area (Å²) in [5, 5.41) is 23.0. The van der Waals surface area contributed by atoms with Crippen molar-refractivity contribution in [1.82, 2.24) is 5.32 Å². The van der Waals surface area contributed by atoms with Crippen molar-refractivity contribution < 1.29 is 15.0 Å². The third kappa shape index (κ3) is 44.8. The summed E-state index contributed by atoms with van der Waals surface area (Å²) in [7, 11) is 0. The van der Waals surface area contributed by atoms with Gasteiger partial charge in [0, 0.05) is 6.42 Å². The molecule has 0 aliphatic carbocycles. The number of allylic oxidation sites excluding steroid dienone is 11. The van der Waals surface area contributed by atoms with Crippen LogP contribution in [0.25, 0.3) is 0 Å². The lowest BCUT2D eigenvalue weighted by Gasteiger charge is -2.19. The van der Waals surface area contributed by atoms with E-state index in [2.05, 4.69) is 79.9 Å². The van der Waals surface area contributed by atoms with Crippen molar-refractivity contribution in [3.8, 4) is 0 Å². The highest BCUT2D eigenvalue weighted by molar-refractivity contribution is 5.76. The fourth-order valence-corrected chi connectivity index (χ4v) is 7.17. The molecule has 0 radical (unpaired) electrons. The number of aliphatic hydroxyl groups excluding tert-OH is 2. The molecule has 0 aromatic rings. The number of hydrogen-bond acceptors (Lipinski definition) is 3. The van der Waals surface area contributed by atoms with Crippen molar-refractivity contribution in [2.24, 2.45) is 0 Å². The van der Waals surface area contributed by atoms with Crippen molar-refractivity contribution in [1.29, 1.82) is 0 Å². The number of rotatable bonds is 44. The Morgan fingerprint density at radius 1 is 0.439 bits per heavy atom. The lowest BCUT2D eigenvalue weighted by molar-refractivity contribution is -0.123. The summed E-state index contributed by atoms with van der Waals surface area (Å²) in [5.41, 5.74) is 0. The first kappa shape index (κ1) is 54.8. The zero-order valence-electron chi connectivity index (χ0n) is 37.8. The van der Waals surface area contributed by atoms with E-state index >= 15 is 0 Å². The van der Waals surface area contributed by atoms with Gasteiger partial charge in [-0.25, -0.2) is 0 Å². The van der Waals surface area contributed by atoms with Crippen LogP contribution in [0.4, 0.5) is 0 Å². The average Bonchev–Trinajstić information content (AvgIpc) is 3.22. The maximum absolute atomic E-state index is 12.4. The number of amides is 1. The van der Waals surface area contributed by atoms with Crippen molar-refractivity contribution >= 4 is 5.91 Å². The van der Waals surface area contributed by atoms with Crippen LogP contribution in [-0.4, -0.2) is 34.9 Å². The number of nitrogens with one attached hydrogen (secondary N) is 1. The molecular formula is C53H95NO3. The molecule has 0 fully saturated rings. The second-order valence-corrected chi connectivity index (χ2v) is 16.5. The lowest BCUT2D eigenvalue weighted by Crippen LogP contribution is -2.45. The van der Waals surface area contributed by atoms with Gasteiger partial charge in [0.25, 0.3) is 0 Å². The van der Waals surface area contributed by atoms with E-state index in [1.165, 1.54) is 148 Å². The number of aliphatic hydroxyl groups is 2. The second kappa shape index (κ2) is 48.2. The minimum absolute atomic E-state index is 0.0969. The van der Waals surface area contributed by atoms with Gasteiger partial charge in [-0.15, -0.1) is 0 Å². The molecule has 0 rings (SSSR count). The van der Waals surface area contributed by atoms with Gasteiger partial charge in [-0.1, -0.05) is 228 Å². The second-order valence-electron chi connectivity index (χ2n) is 16.5. The van der Waals surface area contributed by atoms with Gasteiger partial charge >= 0.3 is 0 Å². The molecule has 0 saturated carbocycles. The van der Waals surface area contributed by atoms with Crippen molar-refractivity contribution in [2.45, 2.75) is 251 Å². The third-order valence-electron chi connectivity index (χ3n) is 10.9. The SMILES string of the molecule is CC/C=C\C/C=C\C/C=C\CCCCCCCC(=O)NC(CO)C(O)/C=C/CC/C=C/CC/C=C/CCCCCCCCCCCCCCCCCCCCCC. The summed E-state index contributed by atoms with van der Waals surface area (Å²) >= 11 is 0. The first-order valence-electron chi connectivity index (χ1n) is 24.7. The van der Waals surface area contributed by atoms with Gasteiger partial charge in [-0.05, 0) is 77.0 Å². The average molecular weight is 794 g/mol. The first-order chi connectivity index (χ1) is 28.2. The highest BCUT2D eigenvalue weighted by atomic mass is 16.3. The van der Waals surface area contributed by atoms with Gasteiger partial charge in [0.1, 0.15) is 0 Å². The first-order valence-corrected chi connectivity index (χ1v) is 24.7. The molecule has 0 heterocycles. The number of carbonyl (C=O) groups excluding carboxylic acids is 1. The van der Waals surface area contributed by atoms with E-state index in [-0.39, 0.29) is 12.5 Å². The third-order valence-corrected chi connectivity index (χ3v) is 10.9. The molecule has 0 aliphatic heterocycles. The lowest BCUT2D eigenvalue weighted by atomic mass is 10.0. The van der Waals surface area contributed by atoms with Crippen LogP contribution in [0.3, 0.4) is 0 Å². The van der Waals surface area contributed by atoms with Crippen LogP contribution < -0.4 is 5.32 Å². The van der Waals surface area contributed by atoms with E-state index < -0.39 is 12.1 Å². The van der Waals surface area contributed by atoms with Crippen molar-refractivity contribution in [3.63, 3.8) is 0 Å². The van der Waals surface area contributed by atoms with E-state index in [9.17, 15) is 15.0 Å². The van der Waals surface area contributed by atoms with E-state index in [1.807, 2.05) is 6.08 Å². The van der Waals surface area contributed by atoms with E-state index in [0.717, 1.165) is 70.6 Å². The Labute approximate surface area is 355 Å². The summed E-state index contributed by atoms with van der Waals surface area (Å²) in [6.07, 6.45) is 69.0. The topological polar surface area (TPSA) is 69.6 Å².